The zero-order valence-corrected chi connectivity index (χ0v) is 13.5. The van der Waals surface area contributed by atoms with Gasteiger partial charge in [0.15, 0.2) is 0 Å². The molecule has 4 heteroatoms. The van der Waals surface area contributed by atoms with E-state index in [9.17, 15) is 4.79 Å². The van der Waals surface area contributed by atoms with Gasteiger partial charge >= 0.3 is 6.03 Å². The Morgan fingerprint density at radius 3 is 2.61 bits per heavy atom. The van der Waals surface area contributed by atoms with Crippen molar-refractivity contribution in [2.75, 3.05) is 29.9 Å². The molecule has 1 aliphatic heterocycles. The number of aryl methyl sites for hydroxylation is 1. The van der Waals surface area contributed by atoms with E-state index in [4.69, 9.17) is 0 Å². The number of para-hydroxylation sites is 1. The molecule has 0 aromatic heterocycles. The number of nitrogens with zero attached hydrogens (tertiary/aromatic N) is 1. The summed E-state index contributed by atoms with van der Waals surface area (Å²) in [7, 11) is 0. The number of carbonyl (C=O) groups is 1. The SMILES string of the molecule is Cc1ccc(N2CCC(CNC(=O)Nc3ccccc3)C2)cc1. The van der Waals surface area contributed by atoms with E-state index in [0.717, 1.165) is 25.2 Å². The lowest BCUT2D eigenvalue weighted by Crippen LogP contribution is -2.34. The number of urea groups is 1. The van der Waals surface area contributed by atoms with E-state index in [0.29, 0.717) is 12.5 Å². The summed E-state index contributed by atoms with van der Waals surface area (Å²) in [6.45, 7) is 4.86. The molecule has 1 unspecified atom stereocenters. The van der Waals surface area contributed by atoms with Gasteiger partial charge in [0.05, 0.1) is 0 Å². The van der Waals surface area contributed by atoms with Gasteiger partial charge in [0, 0.05) is 31.0 Å². The van der Waals surface area contributed by atoms with Crippen molar-refractivity contribution in [2.24, 2.45) is 5.92 Å². The number of rotatable bonds is 4. The molecule has 0 bridgehead atoms. The molecular weight excluding hydrogens is 286 g/mol. The second kappa shape index (κ2) is 7.18. The smallest absolute Gasteiger partial charge is 0.319 e. The molecule has 1 atom stereocenters. The highest BCUT2D eigenvalue weighted by molar-refractivity contribution is 5.89. The average molecular weight is 309 g/mol. The predicted molar refractivity (Wildman–Crippen MR) is 95.0 cm³/mol. The maximum Gasteiger partial charge on any atom is 0.319 e. The third-order valence-electron chi connectivity index (χ3n) is 4.27. The Kier molecular flexibility index (Phi) is 4.81. The van der Waals surface area contributed by atoms with Crippen molar-refractivity contribution in [3.05, 3.63) is 60.2 Å². The lowest BCUT2D eigenvalue weighted by molar-refractivity contribution is 0.250. The number of anilines is 2. The van der Waals surface area contributed by atoms with Crippen LogP contribution >= 0.6 is 0 Å². The fraction of sp³-hybridized carbons (Fsp3) is 0.316. The first-order chi connectivity index (χ1) is 11.2. The van der Waals surface area contributed by atoms with Gasteiger partial charge in [-0.05, 0) is 43.5 Å². The molecule has 1 fully saturated rings. The molecule has 23 heavy (non-hydrogen) atoms. The number of nitrogens with one attached hydrogen (secondary N) is 2. The first-order valence-electron chi connectivity index (χ1n) is 8.12. The molecule has 1 saturated heterocycles. The first kappa shape index (κ1) is 15.4. The summed E-state index contributed by atoms with van der Waals surface area (Å²) >= 11 is 0. The lowest BCUT2D eigenvalue weighted by atomic mass is 10.1. The van der Waals surface area contributed by atoms with Gasteiger partial charge in [-0.3, -0.25) is 0 Å². The molecule has 1 heterocycles. The van der Waals surface area contributed by atoms with Gasteiger partial charge in [-0.25, -0.2) is 4.79 Å². The van der Waals surface area contributed by atoms with Gasteiger partial charge in [0.1, 0.15) is 0 Å². The largest absolute Gasteiger partial charge is 0.371 e. The van der Waals surface area contributed by atoms with E-state index in [2.05, 4.69) is 46.7 Å². The van der Waals surface area contributed by atoms with E-state index < -0.39 is 0 Å². The topological polar surface area (TPSA) is 44.4 Å². The summed E-state index contributed by atoms with van der Waals surface area (Å²) in [5.74, 6) is 0.498. The van der Waals surface area contributed by atoms with Gasteiger partial charge in [-0.15, -0.1) is 0 Å². The standard InChI is InChI=1S/C19H23N3O/c1-15-7-9-18(10-8-15)22-12-11-16(14-22)13-20-19(23)21-17-5-3-2-4-6-17/h2-10,16H,11-14H2,1H3,(H2,20,21,23). The van der Waals surface area contributed by atoms with Crippen LogP contribution in [0.2, 0.25) is 0 Å². The van der Waals surface area contributed by atoms with Crippen LogP contribution in [0, 0.1) is 12.8 Å². The van der Waals surface area contributed by atoms with Gasteiger partial charge in [0.2, 0.25) is 0 Å². The van der Waals surface area contributed by atoms with Crippen molar-refractivity contribution in [1.29, 1.82) is 0 Å². The summed E-state index contributed by atoms with van der Waals surface area (Å²) in [6.07, 6.45) is 1.11. The van der Waals surface area contributed by atoms with Crippen LogP contribution in [-0.4, -0.2) is 25.7 Å². The molecule has 1 aliphatic rings. The van der Waals surface area contributed by atoms with E-state index in [1.807, 2.05) is 30.3 Å². The van der Waals surface area contributed by atoms with Crippen LogP contribution in [0.4, 0.5) is 16.2 Å². The van der Waals surface area contributed by atoms with E-state index >= 15 is 0 Å². The minimum atomic E-state index is -0.134. The van der Waals surface area contributed by atoms with Crippen LogP contribution in [0.1, 0.15) is 12.0 Å². The van der Waals surface area contributed by atoms with Gasteiger partial charge in [-0.2, -0.15) is 0 Å². The zero-order valence-electron chi connectivity index (χ0n) is 13.5. The average Bonchev–Trinajstić information content (AvgIpc) is 3.04. The molecule has 3 rings (SSSR count). The van der Waals surface area contributed by atoms with Crippen LogP contribution in [0.5, 0.6) is 0 Å². The highest BCUT2D eigenvalue weighted by atomic mass is 16.2. The van der Waals surface area contributed by atoms with Crippen LogP contribution in [-0.2, 0) is 0 Å². The highest BCUT2D eigenvalue weighted by Gasteiger charge is 2.22. The Morgan fingerprint density at radius 1 is 1.13 bits per heavy atom. The van der Waals surface area contributed by atoms with Crippen molar-refractivity contribution in [3.63, 3.8) is 0 Å². The lowest BCUT2D eigenvalue weighted by Gasteiger charge is -2.19. The van der Waals surface area contributed by atoms with E-state index in [1.54, 1.807) is 0 Å². The Balaban J connectivity index is 1.45. The van der Waals surface area contributed by atoms with Crippen LogP contribution in [0.25, 0.3) is 0 Å². The fourth-order valence-electron chi connectivity index (χ4n) is 2.92. The number of amides is 2. The second-order valence-electron chi connectivity index (χ2n) is 6.14. The molecule has 2 aromatic carbocycles. The molecule has 4 nitrogen and oxygen atoms in total. The molecule has 120 valence electrons. The van der Waals surface area contributed by atoms with Crippen molar-refractivity contribution in [3.8, 4) is 0 Å². The second-order valence-corrected chi connectivity index (χ2v) is 6.14. The normalized spacial score (nSPS) is 17.1. The minimum absolute atomic E-state index is 0.134. The molecule has 0 radical (unpaired) electrons. The molecule has 0 saturated carbocycles. The van der Waals surface area contributed by atoms with Crippen molar-refractivity contribution in [1.82, 2.24) is 5.32 Å². The van der Waals surface area contributed by atoms with Crippen LogP contribution in [0.15, 0.2) is 54.6 Å². The van der Waals surface area contributed by atoms with Gasteiger partial charge < -0.3 is 15.5 Å². The van der Waals surface area contributed by atoms with Crippen molar-refractivity contribution >= 4 is 17.4 Å². The Bertz CT molecular complexity index is 639. The van der Waals surface area contributed by atoms with E-state index in [-0.39, 0.29) is 6.03 Å². The van der Waals surface area contributed by atoms with E-state index in [1.165, 1.54) is 11.3 Å². The maximum absolute atomic E-state index is 11.9. The molecule has 2 amide bonds. The summed E-state index contributed by atoms with van der Waals surface area (Å²) < 4.78 is 0. The van der Waals surface area contributed by atoms with Gasteiger partial charge in [-0.1, -0.05) is 35.9 Å². The predicted octanol–water partition coefficient (Wildman–Crippen LogP) is 3.64. The third-order valence-corrected chi connectivity index (χ3v) is 4.27. The summed E-state index contributed by atoms with van der Waals surface area (Å²) in [4.78, 5) is 14.3. The third kappa shape index (κ3) is 4.25. The van der Waals surface area contributed by atoms with Crippen LogP contribution in [0.3, 0.4) is 0 Å². The molecule has 2 N–H and O–H groups in total. The molecule has 2 aromatic rings. The van der Waals surface area contributed by atoms with Crippen molar-refractivity contribution in [2.45, 2.75) is 13.3 Å². The molecule has 0 spiro atoms. The zero-order chi connectivity index (χ0) is 16.1. The summed E-state index contributed by atoms with van der Waals surface area (Å²) in [5, 5.41) is 5.83. The monoisotopic (exact) mass is 309 g/mol. The quantitative estimate of drug-likeness (QED) is 0.905. The minimum Gasteiger partial charge on any atom is -0.371 e. The Hall–Kier alpha value is -2.49. The fourth-order valence-corrected chi connectivity index (χ4v) is 2.92. The Labute approximate surface area is 137 Å². The first-order valence-corrected chi connectivity index (χ1v) is 8.12. The Morgan fingerprint density at radius 2 is 1.87 bits per heavy atom. The number of carbonyl (C=O) groups excluding carboxylic acids is 1. The molecular formula is C19H23N3O. The summed E-state index contributed by atoms with van der Waals surface area (Å²) in [6, 6.07) is 18.0. The van der Waals surface area contributed by atoms with Crippen LogP contribution < -0.4 is 15.5 Å². The summed E-state index contributed by atoms with van der Waals surface area (Å²) in [5.41, 5.74) is 3.37. The van der Waals surface area contributed by atoms with Crippen molar-refractivity contribution < 1.29 is 4.79 Å². The highest BCUT2D eigenvalue weighted by Crippen LogP contribution is 2.23. The maximum atomic E-state index is 11.9. The number of benzene rings is 2. The number of hydrogen-bond donors (Lipinski definition) is 2. The molecule has 0 aliphatic carbocycles. The van der Waals surface area contributed by atoms with Gasteiger partial charge in [0.25, 0.3) is 0 Å². The number of hydrogen-bond acceptors (Lipinski definition) is 2.